The Morgan fingerprint density at radius 1 is 1.11 bits per heavy atom. The highest BCUT2D eigenvalue weighted by molar-refractivity contribution is 5.51. The SMILES string of the molecule is Nc1nc2c(c(NCc3ccccc3)n1)CCC2. The highest BCUT2D eigenvalue weighted by Crippen LogP contribution is 2.27. The van der Waals surface area contributed by atoms with Crippen LogP contribution < -0.4 is 11.1 Å². The fourth-order valence-electron chi connectivity index (χ4n) is 2.38. The minimum Gasteiger partial charge on any atom is -0.368 e. The van der Waals surface area contributed by atoms with Crippen molar-refractivity contribution in [3.05, 3.63) is 47.2 Å². The first-order valence-electron chi connectivity index (χ1n) is 6.26. The molecule has 92 valence electrons. The van der Waals surface area contributed by atoms with Crippen molar-refractivity contribution in [2.45, 2.75) is 25.8 Å². The lowest BCUT2D eigenvalue weighted by molar-refractivity contribution is 0.900. The van der Waals surface area contributed by atoms with E-state index >= 15 is 0 Å². The summed E-state index contributed by atoms with van der Waals surface area (Å²) in [5, 5.41) is 3.37. The summed E-state index contributed by atoms with van der Waals surface area (Å²) < 4.78 is 0. The van der Waals surface area contributed by atoms with Crippen LogP contribution in [0.5, 0.6) is 0 Å². The van der Waals surface area contributed by atoms with Crippen LogP contribution in [0.25, 0.3) is 0 Å². The molecule has 0 unspecified atom stereocenters. The van der Waals surface area contributed by atoms with Crippen molar-refractivity contribution >= 4 is 11.8 Å². The molecule has 1 aliphatic rings. The standard InChI is InChI=1S/C14H16N4/c15-14-17-12-8-4-7-11(12)13(18-14)16-9-10-5-2-1-3-6-10/h1-3,5-6H,4,7-9H2,(H3,15,16,17,18). The quantitative estimate of drug-likeness (QED) is 0.863. The molecule has 2 aromatic rings. The molecule has 1 aromatic heterocycles. The van der Waals surface area contributed by atoms with Crippen molar-refractivity contribution in [2.24, 2.45) is 0 Å². The van der Waals surface area contributed by atoms with Gasteiger partial charge in [-0.3, -0.25) is 0 Å². The molecular weight excluding hydrogens is 224 g/mol. The minimum absolute atomic E-state index is 0.367. The van der Waals surface area contributed by atoms with E-state index < -0.39 is 0 Å². The third-order valence-electron chi connectivity index (χ3n) is 3.25. The van der Waals surface area contributed by atoms with Gasteiger partial charge in [-0.1, -0.05) is 30.3 Å². The van der Waals surface area contributed by atoms with E-state index in [1.54, 1.807) is 0 Å². The molecule has 0 radical (unpaired) electrons. The van der Waals surface area contributed by atoms with Crippen molar-refractivity contribution in [3.8, 4) is 0 Å². The molecule has 1 aromatic carbocycles. The summed E-state index contributed by atoms with van der Waals surface area (Å²) in [6.45, 7) is 0.768. The Bertz CT molecular complexity index is 551. The Morgan fingerprint density at radius 2 is 1.94 bits per heavy atom. The number of hydrogen-bond donors (Lipinski definition) is 2. The van der Waals surface area contributed by atoms with Crippen LogP contribution in [0.2, 0.25) is 0 Å². The third-order valence-corrected chi connectivity index (χ3v) is 3.25. The number of nitrogens with zero attached hydrogens (tertiary/aromatic N) is 2. The first-order valence-corrected chi connectivity index (χ1v) is 6.26. The maximum Gasteiger partial charge on any atom is 0.222 e. The van der Waals surface area contributed by atoms with Crippen LogP contribution in [0.4, 0.5) is 11.8 Å². The lowest BCUT2D eigenvalue weighted by Crippen LogP contribution is -2.08. The van der Waals surface area contributed by atoms with Crippen molar-refractivity contribution in [1.82, 2.24) is 9.97 Å². The molecule has 0 saturated carbocycles. The van der Waals surface area contributed by atoms with Crippen LogP contribution in [0, 0.1) is 0 Å². The number of fused-ring (bicyclic) bond motifs is 1. The Hall–Kier alpha value is -2.10. The fraction of sp³-hybridized carbons (Fsp3) is 0.286. The molecule has 0 bridgehead atoms. The Labute approximate surface area is 106 Å². The van der Waals surface area contributed by atoms with Crippen molar-refractivity contribution < 1.29 is 0 Å². The van der Waals surface area contributed by atoms with Gasteiger partial charge in [-0.05, 0) is 24.8 Å². The molecule has 3 rings (SSSR count). The fourth-order valence-corrected chi connectivity index (χ4v) is 2.38. The van der Waals surface area contributed by atoms with Gasteiger partial charge in [-0.25, -0.2) is 4.98 Å². The summed E-state index contributed by atoms with van der Waals surface area (Å²) in [6.07, 6.45) is 3.21. The number of hydrogen-bond acceptors (Lipinski definition) is 4. The van der Waals surface area contributed by atoms with Gasteiger partial charge in [-0.2, -0.15) is 4.98 Å². The lowest BCUT2D eigenvalue weighted by atomic mass is 10.2. The summed E-state index contributed by atoms with van der Waals surface area (Å²) in [4.78, 5) is 8.61. The maximum atomic E-state index is 5.74. The molecule has 0 spiro atoms. The van der Waals surface area contributed by atoms with Crippen LogP contribution in [0.15, 0.2) is 30.3 Å². The minimum atomic E-state index is 0.367. The zero-order valence-corrected chi connectivity index (χ0v) is 10.2. The van der Waals surface area contributed by atoms with Crippen LogP contribution in [-0.4, -0.2) is 9.97 Å². The number of rotatable bonds is 3. The molecule has 3 N–H and O–H groups in total. The van der Waals surface area contributed by atoms with Gasteiger partial charge in [0.25, 0.3) is 0 Å². The zero-order chi connectivity index (χ0) is 12.4. The van der Waals surface area contributed by atoms with Gasteiger partial charge in [0.2, 0.25) is 5.95 Å². The predicted octanol–water partition coefficient (Wildman–Crippen LogP) is 2.16. The van der Waals surface area contributed by atoms with E-state index in [4.69, 9.17) is 5.73 Å². The van der Waals surface area contributed by atoms with E-state index in [1.807, 2.05) is 18.2 Å². The second kappa shape index (κ2) is 4.64. The molecule has 0 fully saturated rings. The first kappa shape index (κ1) is 11.0. The van der Waals surface area contributed by atoms with E-state index in [-0.39, 0.29) is 0 Å². The summed E-state index contributed by atoms with van der Waals surface area (Å²) in [7, 11) is 0. The highest BCUT2D eigenvalue weighted by Gasteiger charge is 2.18. The summed E-state index contributed by atoms with van der Waals surface area (Å²) in [6, 6.07) is 10.3. The summed E-state index contributed by atoms with van der Waals surface area (Å²) in [5.41, 5.74) is 9.32. The second-order valence-electron chi connectivity index (χ2n) is 4.55. The van der Waals surface area contributed by atoms with E-state index in [1.165, 1.54) is 11.1 Å². The number of anilines is 2. The number of benzene rings is 1. The lowest BCUT2D eigenvalue weighted by Gasteiger charge is -2.10. The zero-order valence-electron chi connectivity index (χ0n) is 10.2. The van der Waals surface area contributed by atoms with Crippen LogP contribution in [0.3, 0.4) is 0 Å². The number of aryl methyl sites for hydroxylation is 1. The van der Waals surface area contributed by atoms with Crippen LogP contribution in [-0.2, 0) is 19.4 Å². The average Bonchev–Trinajstić information content (AvgIpc) is 2.85. The van der Waals surface area contributed by atoms with E-state index in [9.17, 15) is 0 Å². The van der Waals surface area contributed by atoms with Gasteiger partial charge >= 0.3 is 0 Å². The van der Waals surface area contributed by atoms with E-state index in [0.717, 1.165) is 37.3 Å². The Morgan fingerprint density at radius 3 is 2.78 bits per heavy atom. The monoisotopic (exact) mass is 240 g/mol. The first-order chi connectivity index (χ1) is 8.83. The predicted molar refractivity (Wildman–Crippen MR) is 72.2 cm³/mol. The molecule has 1 heterocycles. The molecule has 1 aliphatic carbocycles. The van der Waals surface area contributed by atoms with E-state index in [0.29, 0.717) is 5.95 Å². The van der Waals surface area contributed by atoms with Gasteiger partial charge in [0.05, 0.1) is 5.69 Å². The summed E-state index contributed by atoms with van der Waals surface area (Å²) >= 11 is 0. The normalized spacial score (nSPS) is 13.3. The van der Waals surface area contributed by atoms with Gasteiger partial charge < -0.3 is 11.1 Å². The number of nitrogens with two attached hydrogens (primary N) is 1. The molecule has 18 heavy (non-hydrogen) atoms. The van der Waals surface area contributed by atoms with Crippen molar-refractivity contribution in [1.29, 1.82) is 0 Å². The number of aromatic nitrogens is 2. The van der Waals surface area contributed by atoms with Crippen molar-refractivity contribution in [2.75, 3.05) is 11.1 Å². The average molecular weight is 240 g/mol. The summed E-state index contributed by atoms with van der Waals surface area (Å²) in [5.74, 6) is 1.27. The third kappa shape index (κ3) is 2.14. The highest BCUT2D eigenvalue weighted by atomic mass is 15.1. The topological polar surface area (TPSA) is 63.8 Å². The molecule has 0 atom stereocenters. The van der Waals surface area contributed by atoms with Crippen LogP contribution in [0.1, 0.15) is 23.2 Å². The van der Waals surface area contributed by atoms with Gasteiger partial charge in [0, 0.05) is 12.1 Å². The molecule has 0 aliphatic heterocycles. The maximum absolute atomic E-state index is 5.74. The van der Waals surface area contributed by atoms with E-state index in [2.05, 4.69) is 27.4 Å². The van der Waals surface area contributed by atoms with Gasteiger partial charge in [0.15, 0.2) is 0 Å². The van der Waals surface area contributed by atoms with Crippen molar-refractivity contribution in [3.63, 3.8) is 0 Å². The largest absolute Gasteiger partial charge is 0.368 e. The smallest absolute Gasteiger partial charge is 0.222 e. The number of nitrogen functional groups attached to an aromatic ring is 1. The molecule has 0 amide bonds. The van der Waals surface area contributed by atoms with Gasteiger partial charge in [-0.15, -0.1) is 0 Å². The number of nitrogens with one attached hydrogen (secondary N) is 1. The molecule has 0 saturated heterocycles. The Kier molecular flexibility index (Phi) is 2.84. The molecule has 4 nitrogen and oxygen atoms in total. The second-order valence-corrected chi connectivity index (χ2v) is 4.55. The molecular formula is C14H16N4. The Balaban J connectivity index is 1.81. The van der Waals surface area contributed by atoms with Crippen LogP contribution >= 0.6 is 0 Å². The van der Waals surface area contributed by atoms with Gasteiger partial charge in [0.1, 0.15) is 5.82 Å². The molecule has 4 heteroatoms.